The maximum atomic E-state index is 12.3. The zero-order valence-corrected chi connectivity index (χ0v) is 17.3. The molecule has 0 fully saturated rings. The number of aliphatic carboxylic acids is 1. The molecule has 28 heavy (non-hydrogen) atoms. The first-order valence-electron chi connectivity index (χ1n) is 9.23. The molecule has 0 radical (unpaired) electrons. The molecule has 1 N–H and O–H groups in total. The summed E-state index contributed by atoms with van der Waals surface area (Å²) in [6.45, 7) is 4.44. The number of carbonyl (C=O) groups excluding carboxylic acids is 1. The summed E-state index contributed by atoms with van der Waals surface area (Å²) >= 11 is 1.65. The van der Waals surface area contributed by atoms with Crippen LogP contribution in [0, 0.1) is 13.8 Å². The average Bonchev–Trinajstić information content (AvgIpc) is 2.67. The van der Waals surface area contributed by atoms with E-state index < -0.39 is 5.97 Å². The maximum Gasteiger partial charge on any atom is 0.303 e. The molecule has 0 unspecified atom stereocenters. The van der Waals surface area contributed by atoms with Gasteiger partial charge in [0, 0.05) is 16.9 Å². The summed E-state index contributed by atoms with van der Waals surface area (Å²) in [4.78, 5) is 24.0. The molecule has 148 valence electrons. The third-order valence-electron chi connectivity index (χ3n) is 4.32. The van der Waals surface area contributed by atoms with Gasteiger partial charge in [0.05, 0.1) is 6.61 Å². The van der Waals surface area contributed by atoms with E-state index in [2.05, 4.69) is 0 Å². The minimum absolute atomic E-state index is 0.0262. The van der Waals surface area contributed by atoms with Crippen LogP contribution < -0.4 is 4.74 Å². The highest BCUT2D eigenvalue weighted by Gasteiger charge is 2.07. The fourth-order valence-corrected chi connectivity index (χ4v) is 3.29. The van der Waals surface area contributed by atoms with Crippen molar-refractivity contribution in [2.45, 2.75) is 38.0 Å². The summed E-state index contributed by atoms with van der Waals surface area (Å²) in [5.41, 5.74) is 3.61. The summed E-state index contributed by atoms with van der Waals surface area (Å²) in [6.07, 6.45) is 6.89. The van der Waals surface area contributed by atoms with Crippen molar-refractivity contribution in [3.8, 4) is 5.75 Å². The Labute approximate surface area is 170 Å². The molecule has 0 aliphatic heterocycles. The predicted molar refractivity (Wildman–Crippen MR) is 114 cm³/mol. The van der Waals surface area contributed by atoms with Gasteiger partial charge in [-0.05, 0) is 92.1 Å². The van der Waals surface area contributed by atoms with Crippen LogP contribution in [-0.2, 0) is 4.79 Å². The Balaban J connectivity index is 1.99. The fraction of sp³-hybridized carbons (Fsp3) is 0.304. The summed E-state index contributed by atoms with van der Waals surface area (Å²) in [5, 5.41) is 8.66. The molecule has 0 saturated carbocycles. The minimum atomic E-state index is -0.779. The molecule has 0 spiro atoms. The molecule has 0 saturated heterocycles. The van der Waals surface area contributed by atoms with Gasteiger partial charge in [0.2, 0.25) is 0 Å². The number of aryl methyl sites for hydroxylation is 2. The van der Waals surface area contributed by atoms with Crippen LogP contribution in [0.25, 0.3) is 6.08 Å². The maximum absolute atomic E-state index is 12.3. The molecular formula is C23H26O4S. The second-order valence-electron chi connectivity index (χ2n) is 6.61. The van der Waals surface area contributed by atoms with Crippen LogP contribution >= 0.6 is 11.8 Å². The summed E-state index contributed by atoms with van der Waals surface area (Å²) < 4.78 is 5.84. The van der Waals surface area contributed by atoms with Crippen molar-refractivity contribution >= 4 is 29.6 Å². The van der Waals surface area contributed by atoms with Crippen LogP contribution in [0.3, 0.4) is 0 Å². The van der Waals surface area contributed by atoms with Crippen LogP contribution in [0.2, 0.25) is 0 Å². The van der Waals surface area contributed by atoms with E-state index in [4.69, 9.17) is 9.84 Å². The van der Waals surface area contributed by atoms with Crippen molar-refractivity contribution < 1.29 is 19.4 Å². The zero-order valence-electron chi connectivity index (χ0n) is 16.5. The smallest absolute Gasteiger partial charge is 0.303 e. The number of thioether (sulfide) groups is 1. The molecule has 2 aromatic carbocycles. The predicted octanol–water partition coefficient (Wildman–Crippen LogP) is 5.56. The van der Waals surface area contributed by atoms with Gasteiger partial charge in [0.25, 0.3) is 0 Å². The van der Waals surface area contributed by atoms with Crippen molar-refractivity contribution in [2.75, 3.05) is 12.9 Å². The first kappa shape index (κ1) is 21.8. The summed E-state index contributed by atoms with van der Waals surface area (Å²) in [7, 11) is 0. The average molecular weight is 399 g/mol. The van der Waals surface area contributed by atoms with Crippen molar-refractivity contribution in [3.63, 3.8) is 0 Å². The van der Waals surface area contributed by atoms with Crippen LogP contribution in [0.15, 0.2) is 47.4 Å². The van der Waals surface area contributed by atoms with E-state index in [1.54, 1.807) is 17.8 Å². The van der Waals surface area contributed by atoms with Crippen LogP contribution in [0.4, 0.5) is 0 Å². The van der Waals surface area contributed by atoms with Gasteiger partial charge < -0.3 is 9.84 Å². The number of carboxylic acid groups (broad SMARTS) is 1. The van der Waals surface area contributed by atoms with Gasteiger partial charge in [-0.15, -0.1) is 11.8 Å². The second-order valence-corrected chi connectivity index (χ2v) is 7.49. The highest BCUT2D eigenvalue weighted by Crippen LogP contribution is 2.26. The number of allylic oxidation sites excluding steroid dienone is 1. The van der Waals surface area contributed by atoms with Gasteiger partial charge >= 0.3 is 5.97 Å². The van der Waals surface area contributed by atoms with Crippen molar-refractivity contribution in [3.05, 3.63) is 64.7 Å². The van der Waals surface area contributed by atoms with Crippen LogP contribution in [-0.4, -0.2) is 29.7 Å². The van der Waals surface area contributed by atoms with E-state index in [1.165, 1.54) is 0 Å². The number of ether oxygens (including phenoxy) is 1. The van der Waals surface area contributed by atoms with Crippen molar-refractivity contribution in [2.24, 2.45) is 0 Å². The van der Waals surface area contributed by atoms with Gasteiger partial charge in [0.15, 0.2) is 5.78 Å². The first-order chi connectivity index (χ1) is 13.4. The Bertz CT molecular complexity index is 830. The summed E-state index contributed by atoms with van der Waals surface area (Å²) in [5.74, 6) is 0.0198. The second kappa shape index (κ2) is 10.7. The van der Waals surface area contributed by atoms with Crippen LogP contribution in [0.5, 0.6) is 5.75 Å². The number of unbranched alkanes of at least 4 members (excludes halogenated alkanes) is 1. The normalized spacial score (nSPS) is 11.0. The van der Waals surface area contributed by atoms with Crippen LogP contribution in [0.1, 0.15) is 46.3 Å². The Morgan fingerprint density at radius 3 is 2.29 bits per heavy atom. The largest absolute Gasteiger partial charge is 0.493 e. The van der Waals surface area contributed by atoms with Gasteiger partial charge in [-0.3, -0.25) is 9.59 Å². The SMILES string of the molecule is CSc1ccc(C(=O)/C=C/c2cc(C)c(OCCCCC(=O)O)c(C)c2)cc1. The molecule has 4 nitrogen and oxygen atoms in total. The number of benzene rings is 2. The van der Waals surface area contributed by atoms with Gasteiger partial charge in [-0.25, -0.2) is 0 Å². The zero-order chi connectivity index (χ0) is 20.5. The molecule has 0 aliphatic rings. The first-order valence-corrected chi connectivity index (χ1v) is 10.5. The topological polar surface area (TPSA) is 63.6 Å². The molecule has 0 heterocycles. The number of ketones is 1. The lowest BCUT2D eigenvalue weighted by Gasteiger charge is -2.13. The lowest BCUT2D eigenvalue weighted by atomic mass is 10.0. The van der Waals surface area contributed by atoms with Gasteiger partial charge in [0.1, 0.15) is 5.75 Å². The third kappa shape index (κ3) is 6.57. The fourth-order valence-electron chi connectivity index (χ4n) is 2.88. The molecule has 0 atom stereocenters. The molecule has 2 aromatic rings. The molecule has 0 amide bonds. The molecule has 0 bridgehead atoms. The molecule has 2 rings (SSSR count). The summed E-state index contributed by atoms with van der Waals surface area (Å²) in [6, 6.07) is 11.6. The molecule has 0 aromatic heterocycles. The van der Waals surface area contributed by atoms with Gasteiger partial charge in [-0.1, -0.05) is 6.08 Å². The highest BCUT2D eigenvalue weighted by atomic mass is 32.2. The van der Waals surface area contributed by atoms with Gasteiger partial charge in [-0.2, -0.15) is 0 Å². The Hall–Kier alpha value is -2.53. The number of carbonyl (C=O) groups is 2. The lowest BCUT2D eigenvalue weighted by molar-refractivity contribution is -0.137. The molecule has 0 aliphatic carbocycles. The van der Waals surface area contributed by atoms with Crippen molar-refractivity contribution in [1.82, 2.24) is 0 Å². The van der Waals surface area contributed by atoms with E-state index in [0.29, 0.717) is 25.0 Å². The number of carboxylic acids is 1. The van der Waals surface area contributed by atoms with E-state index in [1.807, 2.05) is 62.6 Å². The van der Waals surface area contributed by atoms with E-state index in [-0.39, 0.29) is 12.2 Å². The van der Waals surface area contributed by atoms with Crippen molar-refractivity contribution in [1.29, 1.82) is 0 Å². The Morgan fingerprint density at radius 2 is 1.71 bits per heavy atom. The third-order valence-corrected chi connectivity index (χ3v) is 5.06. The lowest BCUT2D eigenvalue weighted by Crippen LogP contribution is -2.03. The Kier molecular flexibility index (Phi) is 8.33. The quantitative estimate of drug-likeness (QED) is 0.246. The number of hydrogen-bond acceptors (Lipinski definition) is 4. The standard InChI is InChI=1S/C23H26O4S/c1-16-14-18(7-12-21(24)19-8-10-20(28-3)11-9-19)15-17(2)23(16)27-13-5-4-6-22(25)26/h7-12,14-15H,4-6,13H2,1-3H3,(H,25,26)/b12-7+. The highest BCUT2D eigenvalue weighted by molar-refractivity contribution is 7.98. The minimum Gasteiger partial charge on any atom is -0.493 e. The van der Waals surface area contributed by atoms with E-state index in [9.17, 15) is 9.59 Å². The Morgan fingerprint density at radius 1 is 1.07 bits per heavy atom. The number of rotatable bonds is 10. The molecule has 5 heteroatoms. The monoisotopic (exact) mass is 398 g/mol. The van der Waals surface area contributed by atoms with E-state index in [0.717, 1.165) is 27.3 Å². The number of hydrogen-bond donors (Lipinski definition) is 1. The molecular weight excluding hydrogens is 372 g/mol. The van der Waals surface area contributed by atoms with E-state index >= 15 is 0 Å².